The molecule has 2 aromatic heterocycles. The molecule has 7 heteroatoms. The van der Waals surface area contributed by atoms with E-state index < -0.39 is 0 Å². The summed E-state index contributed by atoms with van der Waals surface area (Å²) < 4.78 is 10.7. The van der Waals surface area contributed by atoms with Crippen molar-refractivity contribution in [1.82, 2.24) is 15.2 Å². The number of nitrogen functional groups attached to an aromatic ring is 1. The molecule has 0 aliphatic rings. The van der Waals surface area contributed by atoms with E-state index in [4.69, 9.17) is 14.9 Å². The largest absolute Gasteiger partial charge is 0.494 e. The lowest BCUT2D eigenvalue weighted by Gasteiger charge is -2.04. The summed E-state index contributed by atoms with van der Waals surface area (Å²) in [4.78, 5) is 5.69. The highest BCUT2D eigenvalue weighted by molar-refractivity contribution is 7.12. The highest BCUT2D eigenvalue weighted by Gasteiger charge is 2.15. The van der Waals surface area contributed by atoms with E-state index in [1.54, 1.807) is 11.3 Å². The smallest absolute Gasteiger partial charge is 0.312 e. The zero-order chi connectivity index (χ0) is 15.5. The summed E-state index contributed by atoms with van der Waals surface area (Å²) in [6, 6.07) is 7.99. The standard InChI is InChI=1S/C15H16N4O2S/c1-3-20-11-6-4-10(5-7-11)14-12(22-9(2)17-14)8-13-18-19-15(16)21-13/h4-7H,3,8H2,1-2H3,(H2,16,19). The molecule has 2 heterocycles. The molecule has 1 aromatic carbocycles. The van der Waals surface area contributed by atoms with Crippen molar-refractivity contribution >= 4 is 17.4 Å². The van der Waals surface area contributed by atoms with Crippen molar-refractivity contribution in [1.29, 1.82) is 0 Å². The van der Waals surface area contributed by atoms with Crippen LogP contribution < -0.4 is 10.5 Å². The topological polar surface area (TPSA) is 87.1 Å². The van der Waals surface area contributed by atoms with Crippen LogP contribution in [0.5, 0.6) is 5.75 Å². The molecule has 3 rings (SSSR count). The lowest BCUT2D eigenvalue weighted by Crippen LogP contribution is -1.92. The SMILES string of the molecule is CCOc1ccc(-c2nc(C)sc2Cc2nnc(N)o2)cc1. The fourth-order valence-corrected chi connectivity index (χ4v) is 3.11. The van der Waals surface area contributed by atoms with Gasteiger partial charge in [-0.25, -0.2) is 4.98 Å². The number of nitrogens with two attached hydrogens (primary N) is 1. The van der Waals surface area contributed by atoms with E-state index in [0.717, 1.165) is 26.9 Å². The van der Waals surface area contributed by atoms with Gasteiger partial charge in [0, 0.05) is 10.4 Å². The molecule has 0 spiro atoms. The third kappa shape index (κ3) is 3.09. The Kier molecular flexibility index (Phi) is 4.06. The van der Waals surface area contributed by atoms with Crippen molar-refractivity contribution in [3.8, 4) is 17.0 Å². The van der Waals surface area contributed by atoms with Crippen molar-refractivity contribution < 1.29 is 9.15 Å². The van der Waals surface area contributed by atoms with Gasteiger partial charge in [-0.2, -0.15) is 0 Å². The first kappa shape index (κ1) is 14.5. The van der Waals surface area contributed by atoms with Crippen LogP contribution in [0.1, 0.15) is 22.7 Å². The monoisotopic (exact) mass is 316 g/mol. The van der Waals surface area contributed by atoms with Gasteiger partial charge in [-0.05, 0) is 38.1 Å². The zero-order valence-corrected chi connectivity index (χ0v) is 13.2. The molecule has 22 heavy (non-hydrogen) atoms. The summed E-state index contributed by atoms with van der Waals surface area (Å²) in [7, 11) is 0. The number of aryl methyl sites for hydroxylation is 1. The number of thiazole rings is 1. The fraction of sp³-hybridized carbons (Fsp3) is 0.267. The average Bonchev–Trinajstić information content (AvgIpc) is 3.06. The predicted molar refractivity (Wildman–Crippen MR) is 85.0 cm³/mol. The molecule has 0 fully saturated rings. The second kappa shape index (κ2) is 6.15. The molecule has 0 bridgehead atoms. The number of benzene rings is 1. The maximum atomic E-state index is 5.47. The molecule has 114 valence electrons. The van der Waals surface area contributed by atoms with E-state index in [0.29, 0.717) is 18.9 Å². The molecule has 0 aliphatic carbocycles. The third-order valence-corrected chi connectivity index (χ3v) is 4.01. The molecule has 0 atom stereocenters. The summed E-state index contributed by atoms with van der Waals surface area (Å²) >= 11 is 1.62. The minimum absolute atomic E-state index is 0.0823. The summed E-state index contributed by atoms with van der Waals surface area (Å²) in [6.07, 6.45) is 0.526. The van der Waals surface area contributed by atoms with E-state index >= 15 is 0 Å². The van der Waals surface area contributed by atoms with Gasteiger partial charge in [-0.3, -0.25) is 0 Å². The van der Waals surface area contributed by atoms with Crippen LogP contribution in [0.25, 0.3) is 11.3 Å². The molecular weight excluding hydrogens is 300 g/mol. The van der Waals surface area contributed by atoms with Gasteiger partial charge in [0.15, 0.2) is 0 Å². The molecule has 0 radical (unpaired) electrons. The molecule has 0 saturated heterocycles. The minimum atomic E-state index is 0.0823. The molecule has 6 nitrogen and oxygen atoms in total. The number of hydrogen-bond donors (Lipinski definition) is 1. The fourth-order valence-electron chi connectivity index (χ4n) is 2.17. The van der Waals surface area contributed by atoms with Crippen molar-refractivity contribution in [2.24, 2.45) is 0 Å². The van der Waals surface area contributed by atoms with Gasteiger partial charge in [0.05, 0.1) is 23.7 Å². The van der Waals surface area contributed by atoms with Crippen LogP contribution >= 0.6 is 11.3 Å². The maximum absolute atomic E-state index is 5.47. The quantitative estimate of drug-likeness (QED) is 0.778. The van der Waals surface area contributed by atoms with Crippen LogP contribution in [0.4, 0.5) is 6.01 Å². The second-order valence-electron chi connectivity index (χ2n) is 4.67. The van der Waals surface area contributed by atoms with Gasteiger partial charge in [0.2, 0.25) is 5.89 Å². The number of nitrogens with zero attached hydrogens (tertiary/aromatic N) is 3. The first-order chi connectivity index (χ1) is 10.7. The van der Waals surface area contributed by atoms with Crippen LogP contribution in [-0.2, 0) is 6.42 Å². The molecular formula is C15H16N4O2S. The molecule has 2 N–H and O–H groups in total. The van der Waals surface area contributed by atoms with Gasteiger partial charge in [-0.15, -0.1) is 16.4 Å². The summed E-state index contributed by atoms with van der Waals surface area (Å²) in [5.41, 5.74) is 7.44. The van der Waals surface area contributed by atoms with Crippen molar-refractivity contribution in [3.05, 3.63) is 40.0 Å². The van der Waals surface area contributed by atoms with Gasteiger partial charge < -0.3 is 14.9 Å². The lowest BCUT2D eigenvalue weighted by atomic mass is 10.1. The molecule has 0 aliphatic heterocycles. The Morgan fingerprint density at radius 1 is 1.23 bits per heavy atom. The number of rotatable bonds is 5. The Labute approximate surface area is 132 Å². The predicted octanol–water partition coefficient (Wildman–Crippen LogP) is 3.07. The summed E-state index contributed by atoms with van der Waals surface area (Å²) in [6.45, 7) is 4.60. The highest BCUT2D eigenvalue weighted by atomic mass is 32.1. The van der Waals surface area contributed by atoms with Gasteiger partial charge in [0.1, 0.15) is 5.75 Å². The Hall–Kier alpha value is -2.41. The van der Waals surface area contributed by atoms with Crippen molar-refractivity contribution in [3.63, 3.8) is 0 Å². The maximum Gasteiger partial charge on any atom is 0.312 e. The zero-order valence-electron chi connectivity index (χ0n) is 12.4. The normalized spacial score (nSPS) is 10.8. The Bertz CT molecular complexity index is 764. The Balaban J connectivity index is 1.90. The van der Waals surface area contributed by atoms with Crippen LogP contribution in [0.3, 0.4) is 0 Å². The second-order valence-corrected chi connectivity index (χ2v) is 5.96. The summed E-state index contributed by atoms with van der Waals surface area (Å²) in [5.74, 6) is 1.35. The molecule has 3 aromatic rings. The molecule has 0 unspecified atom stereocenters. The van der Waals surface area contributed by atoms with E-state index in [9.17, 15) is 0 Å². The molecule has 0 saturated carbocycles. The molecule has 0 amide bonds. The van der Waals surface area contributed by atoms with E-state index in [2.05, 4.69) is 15.2 Å². The van der Waals surface area contributed by atoms with Crippen LogP contribution in [-0.4, -0.2) is 21.8 Å². The number of hydrogen-bond acceptors (Lipinski definition) is 7. The van der Waals surface area contributed by atoms with Gasteiger partial charge in [-0.1, -0.05) is 5.10 Å². The van der Waals surface area contributed by atoms with Crippen LogP contribution in [0, 0.1) is 6.92 Å². The number of anilines is 1. The van der Waals surface area contributed by atoms with Gasteiger partial charge >= 0.3 is 6.01 Å². The Morgan fingerprint density at radius 3 is 2.64 bits per heavy atom. The average molecular weight is 316 g/mol. The lowest BCUT2D eigenvalue weighted by molar-refractivity contribution is 0.340. The van der Waals surface area contributed by atoms with Crippen LogP contribution in [0.2, 0.25) is 0 Å². The van der Waals surface area contributed by atoms with E-state index in [-0.39, 0.29) is 6.01 Å². The van der Waals surface area contributed by atoms with E-state index in [1.165, 1.54) is 0 Å². The van der Waals surface area contributed by atoms with Crippen molar-refractivity contribution in [2.45, 2.75) is 20.3 Å². The third-order valence-electron chi connectivity index (χ3n) is 3.04. The first-order valence-electron chi connectivity index (χ1n) is 6.93. The number of aromatic nitrogens is 3. The van der Waals surface area contributed by atoms with E-state index in [1.807, 2.05) is 38.1 Å². The highest BCUT2D eigenvalue weighted by Crippen LogP contribution is 2.31. The Morgan fingerprint density at radius 2 is 2.00 bits per heavy atom. The first-order valence-corrected chi connectivity index (χ1v) is 7.74. The minimum Gasteiger partial charge on any atom is -0.494 e. The number of ether oxygens (including phenoxy) is 1. The van der Waals surface area contributed by atoms with Gasteiger partial charge in [0.25, 0.3) is 0 Å². The summed E-state index contributed by atoms with van der Waals surface area (Å²) in [5, 5.41) is 8.59. The van der Waals surface area contributed by atoms with Crippen molar-refractivity contribution in [2.75, 3.05) is 12.3 Å². The van der Waals surface area contributed by atoms with Crippen LogP contribution in [0.15, 0.2) is 28.7 Å².